The summed E-state index contributed by atoms with van der Waals surface area (Å²) in [6.07, 6.45) is -7.93. The highest BCUT2D eigenvalue weighted by molar-refractivity contribution is 7.64. The molecule has 0 amide bonds. The third kappa shape index (κ3) is 8.87. The van der Waals surface area contributed by atoms with Crippen LogP contribution in [-0.2, 0) is 49.5 Å². The highest BCUT2D eigenvalue weighted by atomic mass is 31.3. The fourth-order valence-corrected chi connectivity index (χ4v) is 7.67. The molecule has 0 aliphatic carbocycles. The minimum atomic E-state index is -6.40. The Balaban J connectivity index is 1.91. The Kier molecular flexibility index (Phi) is 9.51. The molecule has 1 aliphatic rings. The second-order valence-corrected chi connectivity index (χ2v) is 14.1. The molecule has 1 saturated heterocycles. The summed E-state index contributed by atoms with van der Waals surface area (Å²) in [4.78, 5) is 97.0. The van der Waals surface area contributed by atoms with Crippen molar-refractivity contribution in [3.8, 4) is 0 Å². The second-order valence-electron chi connectivity index (χ2n) is 7.20. The van der Waals surface area contributed by atoms with E-state index in [4.69, 9.17) is 15.4 Å². The molecule has 1 aliphatic heterocycles. The van der Waals surface area contributed by atoms with Crippen molar-refractivity contribution in [3.63, 3.8) is 0 Å². The van der Waals surface area contributed by atoms with Crippen molar-refractivity contribution >= 4 is 56.2 Å². The summed E-state index contributed by atoms with van der Waals surface area (Å²) in [6.45, 7) is -1.54. The van der Waals surface area contributed by atoms with Crippen LogP contribution in [0.4, 0.5) is 5.95 Å². The molecule has 2 aromatic rings. The second kappa shape index (κ2) is 11.4. The molecule has 0 bridgehead atoms. The lowest BCUT2D eigenvalue weighted by Gasteiger charge is -2.37. The molecule has 8 atom stereocenters. The maximum atomic E-state index is 12.0. The van der Waals surface area contributed by atoms with Crippen molar-refractivity contribution < 1.29 is 88.9 Å². The lowest BCUT2D eigenvalue weighted by atomic mass is 10.1. The van der Waals surface area contributed by atoms with E-state index in [2.05, 4.69) is 36.9 Å². The van der Waals surface area contributed by atoms with Gasteiger partial charge in [0.05, 0.1) is 20.8 Å². The number of aliphatic hydroxyl groups excluding tert-OH is 1. The van der Waals surface area contributed by atoms with Gasteiger partial charge in [-0.1, -0.05) is 0 Å². The topological polar surface area (TPSA) is 409 Å². The Labute approximate surface area is 218 Å². The monoisotopic (exact) mass is 677 g/mol. The van der Waals surface area contributed by atoms with E-state index in [1.165, 1.54) is 0 Å². The number of hydrogen-bond acceptors (Lipinski definition) is 22. The van der Waals surface area contributed by atoms with Crippen molar-refractivity contribution in [1.29, 1.82) is 0 Å². The van der Waals surface area contributed by atoms with Gasteiger partial charge in [-0.25, -0.2) is 13.6 Å². The molecule has 1 fully saturated rings. The Morgan fingerprint density at radius 1 is 1.02 bits per heavy atom. The molecule has 228 valence electrons. The summed E-state index contributed by atoms with van der Waals surface area (Å²) in [6, 6.07) is 0. The van der Waals surface area contributed by atoms with Gasteiger partial charge in [-0.15, -0.1) is 0 Å². The first kappa shape index (κ1) is 33.2. The van der Waals surface area contributed by atoms with Crippen LogP contribution in [0.3, 0.4) is 0 Å². The van der Waals surface area contributed by atoms with Gasteiger partial charge in [0.15, 0.2) is 17.4 Å². The average Bonchev–Trinajstić information content (AvgIpc) is 3.23. The highest BCUT2D eigenvalue weighted by Crippen LogP contribution is 2.61. The van der Waals surface area contributed by atoms with Crippen molar-refractivity contribution in [2.24, 2.45) is 0 Å². The number of ether oxygens (including phenoxy) is 1. The van der Waals surface area contributed by atoms with Crippen molar-refractivity contribution in [3.05, 3.63) is 16.7 Å². The number of H-pyrrole nitrogens is 1. The number of phosphoric ester groups is 2. The third-order valence-corrected chi connectivity index (χ3v) is 10.1. The van der Waals surface area contributed by atoms with Crippen LogP contribution in [0.1, 0.15) is 6.23 Å². The van der Waals surface area contributed by atoms with Crippen LogP contribution >= 0.6 is 39.1 Å². The van der Waals surface area contributed by atoms with Crippen LogP contribution in [0.5, 0.6) is 0 Å². The maximum absolute atomic E-state index is 12.0. The molecular weight excluding hydrogens is 665 g/mol. The lowest BCUT2D eigenvalue weighted by molar-refractivity contribution is -0.339. The summed E-state index contributed by atoms with van der Waals surface area (Å²) >= 11 is 0. The third-order valence-electron chi connectivity index (χ3n) is 4.29. The first-order valence-electron chi connectivity index (χ1n) is 9.49. The number of rotatable bonds is 12. The van der Waals surface area contributed by atoms with Gasteiger partial charge in [0.25, 0.3) is 36.9 Å². The van der Waals surface area contributed by atoms with Crippen LogP contribution in [0.15, 0.2) is 11.1 Å². The highest BCUT2D eigenvalue weighted by Gasteiger charge is 2.48. The van der Waals surface area contributed by atoms with E-state index >= 15 is 0 Å². The quantitative estimate of drug-likeness (QED) is 0.152. The van der Waals surface area contributed by atoms with E-state index < -0.39 is 92.9 Å². The van der Waals surface area contributed by atoms with Crippen molar-refractivity contribution in [1.82, 2.24) is 19.5 Å². The molecule has 5 N–H and O–H groups in total. The summed E-state index contributed by atoms with van der Waals surface area (Å²) < 4.78 is 80.6. The molecule has 4 unspecified atom stereocenters. The van der Waals surface area contributed by atoms with E-state index in [9.17, 15) is 62.1 Å². The minimum absolute atomic E-state index is 0.395. The molecule has 3 heterocycles. The molecule has 30 heteroatoms. The molecule has 0 aromatic carbocycles. The van der Waals surface area contributed by atoms with Crippen molar-refractivity contribution in [2.45, 2.75) is 24.5 Å². The summed E-state index contributed by atoms with van der Waals surface area (Å²) in [7, 11) is -31.0. The maximum Gasteiger partial charge on any atom is 0.280 e. The summed E-state index contributed by atoms with van der Waals surface area (Å²) in [5, 5.41) is 10.7. The van der Waals surface area contributed by atoms with E-state index in [1.807, 2.05) is 0 Å². The van der Waals surface area contributed by atoms with Crippen LogP contribution < -0.4 is 40.7 Å². The SMILES string of the molecule is Nc1nc2c(ncn2[C@@H]2O[C@H](COP(=O)([O-])OP(=O)([O-])OP(=O)([O-])[O-])[C@@H](OP(=O)([O-])OP(=O)([O-])O)[C@H]2O)c(=O)[nH]1. The smallest absolute Gasteiger partial charge is 0.280 e. The van der Waals surface area contributed by atoms with Crippen molar-refractivity contribution in [2.75, 3.05) is 12.3 Å². The molecule has 0 radical (unpaired) electrons. The number of anilines is 1. The molecule has 0 spiro atoms. The summed E-state index contributed by atoms with van der Waals surface area (Å²) in [5.41, 5.74) is 3.76. The average molecular weight is 677 g/mol. The van der Waals surface area contributed by atoms with E-state index in [1.54, 1.807) is 0 Å². The number of nitrogens with zero attached hydrogens (tertiary/aromatic N) is 3. The zero-order valence-corrected chi connectivity index (χ0v) is 23.0. The van der Waals surface area contributed by atoms with Gasteiger partial charge in [0.1, 0.15) is 18.3 Å². The Bertz CT molecular complexity index is 1560. The van der Waals surface area contributed by atoms with Gasteiger partial charge in [-0.3, -0.25) is 36.9 Å². The van der Waals surface area contributed by atoms with Crippen LogP contribution in [0.2, 0.25) is 0 Å². The fraction of sp³-hybridized carbons (Fsp3) is 0.500. The zero-order valence-electron chi connectivity index (χ0n) is 18.5. The van der Waals surface area contributed by atoms with Crippen LogP contribution in [0, 0.1) is 0 Å². The van der Waals surface area contributed by atoms with Gasteiger partial charge >= 0.3 is 0 Å². The Morgan fingerprint density at radius 2 is 1.65 bits per heavy atom. The molecule has 25 nitrogen and oxygen atoms in total. The Morgan fingerprint density at radius 3 is 2.23 bits per heavy atom. The molecule has 2 aromatic heterocycles. The lowest BCUT2D eigenvalue weighted by Crippen LogP contribution is -2.37. The summed E-state index contributed by atoms with van der Waals surface area (Å²) in [5.74, 6) is -0.472. The van der Waals surface area contributed by atoms with Gasteiger partial charge in [-0.05, 0) is 0 Å². The van der Waals surface area contributed by atoms with E-state index in [-0.39, 0.29) is 0 Å². The van der Waals surface area contributed by atoms with Gasteiger partial charge in [0.2, 0.25) is 5.95 Å². The zero-order chi connectivity index (χ0) is 30.5. The number of nitrogens with one attached hydrogen (secondary N) is 1. The van der Waals surface area contributed by atoms with Gasteiger partial charge < -0.3 is 63.4 Å². The number of imidazole rings is 1. The Hall–Kier alpha value is -1.26. The molecule has 40 heavy (non-hydrogen) atoms. The predicted octanol–water partition coefficient (Wildman–Crippen LogP) is -5.89. The fourth-order valence-electron chi connectivity index (χ4n) is 3.09. The first-order chi connectivity index (χ1) is 18.0. The number of phosphoric acid groups is 5. The number of aromatic amines is 1. The van der Waals surface area contributed by atoms with Gasteiger partial charge in [0, 0.05) is 0 Å². The van der Waals surface area contributed by atoms with E-state index in [0.29, 0.717) is 0 Å². The standard InChI is InChI=1S/C10H18N5O20P5/c11-10-13-7-4(8(17)14-10)12-2-15(7)9-5(16)6(32-39(26,27)33-36(18,19)20)3(31-9)1-30-38(24,25)35-40(28,29)34-37(21,22)23/h2-3,5-6,9,16H,1H2,(H,24,25)(H,26,27)(H,28,29)(H2,18,19,20)(H2,21,22,23)(H3,11,13,14,17)/p-6/t3-,5-,6-,9-/m1/s1. The number of aliphatic hydroxyl groups is 1. The van der Waals surface area contributed by atoms with E-state index in [0.717, 1.165) is 10.9 Å². The predicted molar refractivity (Wildman–Crippen MR) is 107 cm³/mol. The molecule has 3 rings (SSSR count). The van der Waals surface area contributed by atoms with Crippen LogP contribution in [0.25, 0.3) is 11.2 Å². The molecule has 0 saturated carbocycles. The normalized spacial score (nSPS) is 28.0. The minimum Gasteiger partial charge on any atom is -0.790 e. The number of nitrogen functional groups attached to an aromatic ring is 1. The van der Waals surface area contributed by atoms with Gasteiger partial charge in [-0.2, -0.15) is 4.98 Å². The number of fused-ring (bicyclic) bond motifs is 1. The number of nitrogens with two attached hydrogens (primary N) is 1. The largest absolute Gasteiger partial charge is 0.790 e. The van der Waals surface area contributed by atoms with Crippen LogP contribution in [-0.4, -0.2) is 54.4 Å². The number of hydrogen-bond donors (Lipinski definition) is 4. The first-order valence-corrected chi connectivity index (χ1v) is 16.8. The molecular formula is C10H12N5O20P5-6. The number of aromatic nitrogens is 4.